The van der Waals surface area contributed by atoms with Crippen molar-refractivity contribution in [2.45, 2.75) is 37.8 Å². The van der Waals surface area contributed by atoms with E-state index in [9.17, 15) is 26.4 Å². The zero-order valence-electron chi connectivity index (χ0n) is 20.2. The third-order valence-electron chi connectivity index (χ3n) is 6.25. The van der Waals surface area contributed by atoms with Gasteiger partial charge in [-0.15, -0.1) is 0 Å². The zero-order chi connectivity index (χ0) is 26.8. The molecule has 0 saturated carbocycles. The number of carbonyl (C=O) groups is 1. The number of sulfonamides is 1. The first-order valence-corrected chi connectivity index (χ1v) is 13.1. The van der Waals surface area contributed by atoms with Gasteiger partial charge in [-0.25, -0.2) is 8.42 Å². The highest BCUT2D eigenvalue weighted by atomic mass is 32.2. The van der Waals surface area contributed by atoms with Crippen LogP contribution in [0.25, 0.3) is 12.2 Å². The summed E-state index contributed by atoms with van der Waals surface area (Å²) >= 11 is 0. The minimum Gasteiger partial charge on any atom is -0.355 e. The van der Waals surface area contributed by atoms with Gasteiger partial charge in [-0.1, -0.05) is 53.2 Å². The molecule has 1 fully saturated rings. The fourth-order valence-corrected chi connectivity index (χ4v) is 5.93. The van der Waals surface area contributed by atoms with Crippen LogP contribution in [-0.2, 0) is 21.0 Å². The standard InChI is InChI=1S/C26H26F3N3O4S/c1-17-7-9-19(10-8-17)11-12-23-24(18(2)31-36-23)37(34,35)32-15-13-20(14-16-32)25(33)30-22-6-4-3-5-21(22)26(27,28)29/h3-12,20H,13-16H2,1-2H3,(H,30,33)/b12-11+. The van der Waals surface area contributed by atoms with E-state index in [0.717, 1.165) is 17.2 Å². The summed E-state index contributed by atoms with van der Waals surface area (Å²) in [7, 11) is -3.98. The predicted octanol–water partition coefficient (Wildman–Crippen LogP) is 5.52. The average Bonchev–Trinajstić information content (AvgIpc) is 3.24. The van der Waals surface area contributed by atoms with Gasteiger partial charge in [-0.05, 0) is 50.5 Å². The molecule has 196 valence electrons. The molecule has 1 amide bonds. The lowest BCUT2D eigenvalue weighted by Gasteiger charge is -2.30. The van der Waals surface area contributed by atoms with Crippen LogP contribution < -0.4 is 5.32 Å². The van der Waals surface area contributed by atoms with Crippen LogP contribution in [0.3, 0.4) is 0 Å². The van der Waals surface area contributed by atoms with Crippen LogP contribution in [0.1, 0.15) is 41.0 Å². The quantitative estimate of drug-likeness (QED) is 0.451. The maximum atomic E-state index is 13.4. The molecule has 0 spiro atoms. The predicted molar refractivity (Wildman–Crippen MR) is 133 cm³/mol. The van der Waals surface area contributed by atoms with E-state index in [1.165, 1.54) is 29.4 Å². The van der Waals surface area contributed by atoms with Gasteiger partial charge in [0.25, 0.3) is 0 Å². The summed E-state index contributed by atoms with van der Waals surface area (Å²) in [6.45, 7) is 3.57. The number of anilines is 1. The molecule has 0 unspecified atom stereocenters. The first-order valence-electron chi connectivity index (χ1n) is 11.6. The molecule has 1 aliphatic rings. The Morgan fingerprint density at radius 2 is 1.70 bits per heavy atom. The summed E-state index contributed by atoms with van der Waals surface area (Å²) in [4.78, 5) is 12.7. The van der Waals surface area contributed by atoms with Crippen LogP contribution in [0.2, 0.25) is 0 Å². The van der Waals surface area contributed by atoms with Crippen molar-refractivity contribution in [2.75, 3.05) is 18.4 Å². The molecule has 0 bridgehead atoms. The minimum absolute atomic E-state index is 0.0348. The number of nitrogens with one attached hydrogen (secondary N) is 1. The summed E-state index contributed by atoms with van der Waals surface area (Å²) in [5.74, 6) is -1.10. The molecule has 1 aromatic heterocycles. The number of aromatic nitrogens is 1. The SMILES string of the molecule is Cc1ccc(/C=C/c2onc(C)c2S(=O)(=O)N2CCC(C(=O)Nc3ccccc3C(F)(F)F)CC2)cc1. The van der Waals surface area contributed by atoms with Crippen molar-refractivity contribution in [3.63, 3.8) is 0 Å². The maximum absolute atomic E-state index is 13.4. The number of aryl methyl sites for hydroxylation is 2. The molecule has 1 saturated heterocycles. The van der Waals surface area contributed by atoms with E-state index in [-0.39, 0.29) is 48.0 Å². The van der Waals surface area contributed by atoms with Gasteiger partial charge in [-0.2, -0.15) is 17.5 Å². The number of rotatable bonds is 6. The normalized spacial score (nSPS) is 15.8. The second-order valence-corrected chi connectivity index (χ2v) is 10.8. The number of carbonyl (C=O) groups excluding carboxylic acids is 1. The van der Waals surface area contributed by atoms with E-state index >= 15 is 0 Å². The lowest BCUT2D eigenvalue weighted by atomic mass is 9.97. The van der Waals surface area contributed by atoms with E-state index in [0.29, 0.717) is 0 Å². The molecule has 2 heterocycles. The summed E-state index contributed by atoms with van der Waals surface area (Å²) < 4.78 is 73.2. The third-order valence-corrected chi connectivity index (χ3v) is 8.31. The van der Waals surface area contributed by atoms with Gasteiger partial charge in [0.15, 0.2) is 10.7 Å². The number of nitrogens with zero attached hydrogens (tertiary/aromatic N) is 2. The summed E-state index contributed by atoms with van der Waals surface area (Å²) in [6.07, 6.45) is -0.997. The number of alkyl halides is 3. The minimum atomic E-state index is -4.61. The molecule has 1 aliphatic heterocycles. The highest BCUT2D eigenvalue weighted by Gasteiger charge is 2.37. The molecule has 37 heavy (non-hydrogen) atoms. The second kappa shape index (κ2) is 10.5. The Balaban J connectivity index is 1.45. The van der Waals surface area contributed by atoms with Crippen molar-refractivity contribution in [1.82, 2.24) is 9.46 Å². The van der Waals surface area contributed by atoms with Gasteiger partial charge in [0.2, 0.25) is 15.9 Å². The third kappa shape index (κ3) is 5.94. The number of piperidine rings is 1. The van der Waals surface area contributed by atoms with Crippen LogP contribution in [0.5, 0.6) is 0 Å². The molecule has 2 aromatic carbocycles. The van der Waals surface area contributed by atoms with Gasteiger partial charge >= 0.3 is 6.18 Å². The van der Waals surface area contributed by atoms with Gasteiger partial charge in [0.1, 0.15) is 5.69 Å². The number of para-hydroxylation sites is 1. The van der Waals surface area contributed by atoms with Crippen LogP contribution in [0.15, 0.2) is 57.9 Å². The molecule has 0 aliphatic carbocycles. The monoisotopic (exact) mass is 533 g/mol. The molecule has 7 nitrogen and oxygen atoms in total. The van der Waals surface area contributed by atoms with Gasteiger partial charge in [0.05, 0.1) is 11.3 Å². The van der Waals surface area contributed by atoms with Gasteiger partial charge in [0, 0.05) is 19.0 Å². The van der Waals surface area contributed by atoms with E-state index in [4.69, 9.17) is 4.52 Å². The number of halogens is 3. The van der Waals surface area contributed by atoms with E-state index in [1.54, 1.807) is 12.2 Å². The van der Waals surface area contributed by atoms with Crippen molar-refractivity contribution < 1.29 is 30.9 Å². The highest BCUT2D eigenvalue weighted by Crippen LogP contribution is 2.35. The van der Waals surface area contributed by atoms with Crippen molar-refractivity contribution in [3.8, 4) is 0 Å². The lowest BCUT2D eigenvalue weighted by Crippen LogP contribution is -2.41. The van der Waals surface area contributed by atoms with Crippen molar-refractivity contribution in [2.24, 2.45) is 5.92 Å². The summed E-state index contributed by atoms with van der Waals surface area (Å²) in [6, 6.07) is 12.4. The second-order valence-electron chi connectivity index (χ2n) is 8.92. The number of hydrogen-bond acceptors (Lipinski definition) is 5. The number of benzene rings is 2. The Morgan fingerprint density at radius 3 is 2.35 bits per heavy atom. The van der Waals surface area contributed by atoms with Crippen LogP contribution in [0, 0.1) is 19.8 Å². The van der Waals surface area contributed by atoms with E-state index in [1.807, 2.05) is 31.2 Å². The van der Waals surface area contributed by atoms with Gasteiger partial charge < -0.3 is 9.84 Å². The molecule has 3 aromatic rings. The van der Waals surface area contributed by atoms with Gasteiger partial charge in [-0.3, -0.25) is 4.79 Å². The Morgan fingerprint density at radius 1 is 1.05 bits per heavy atom. The maximum Gasteiger partial charge on any atom is 0.418 e. The molecule has 1 N–H and O–H groups in total. The summed E-state index contributed by atoms with van der Waals surface area (Å²) in [5, 5.41) is 6.19. The zero-order valence-corrected chi connectivity index (χ0v) is 21.1. The molecule has 0 radical (unpaired) electrons. The molecular formula is C26H26F3N3O4S. The van der Waals surface area contributed by atoms with E-state index in [2.05, 4.69) is 10.5 Å². The molecule has 4 rings (SSSR count). The smallest absolute Gasteiger partial charge is 0.355 e. The number of amides is 1. The molecular weight excluding hydrogens is 507 g/mol. The van der Waals surface area contributed by atoms with Crippen LogP contribution in [-0.4, -0.2) is 36.9 Å². The average molecular weight is 534 g/mol. The fourth-order valence-electron chi connectivity index (χ4n) is 4.21. The topological polar surface area (TPSA) is 92.5 Å². The first-order chi connectivity index (χ1) is 17.5. The van der Waals surface area contributed by atoms with Crippen molar-refractivity contribution in [3.05, 3.63) is 76.7 Å². The highest BCUT2D eigenvalue weighted by molar-refractivity contribution is 7.89. The Bertz CT molecular complexity index is 1410. The largest absolute Gasteiger partial charge is 0.418 e. The summed E-state index contributed by atoms with van der Waals surface area (Å²) in [5.41, 5.74) is 0.921. The van der Waals surface area contributed by atoms with Crippen molar-refractivity contribution in [1.29, 1.82) is 0 Å². The Kier molecular flexibility index (Phi) is 7.56. The van der Waals surface area contributed by atoms with E-state index < -0.39 is 33.6 Å². The van der Waals surface area contributed by atoms with Crippen LogP contribution in [0.4, 0.5) is 18.9 Å². The molecule has 11 heteroatoms. The number of hydrogen-bond donors (Lipinski definition) is 1. The molecule has 0 atom stereocenters. The Labute approximate surface area is 213 Å². The fraction of sp³-hybridized carbons (Fsp3) is 0.308. The first kappa shape index (κ1) is 26.6. The van der Waals surface area contributed by atoms with Crippen LogP contribution >= 0.6 is 0 Å². The lowest BCUT2D eigenvalue weighted by molar-refractivity contribution is -0.137. The van der Waals surface area contributed by atoms with Crippen molar-refractivity contribution >= 4 is 33.8 Å². The Hall–Kier alpha value is -3.44.